The van der Waals surface area contributed by atoms with Gasteiger partial charge in [0.1, 0.15) is 5.92 Å². The van der Waals surface area contributed by atoms with Crippen LogP contribution in [0.3, 0.4) is 0 Å². The van der Waals surface area contributed by atoms with Crippen molar-refractivity contribution in [2.24, 2.45) is 11.8 Å². The Morgan fingerprint density at radius 3 is 2.71 bits per heavy atom. The molecule has 0 fully saturated rings. The highest BCUT2D eigenvalue weighted by molar-refractivity contribution is 9.10. The lowest BCUT2D eigenvalue weighted by Gasteiger charge is -2.14. The van der Waals surface area contributed by atoms with Gasteiger partial charge in [-0.2, -0.15) is 5.26 Å². The van der Waals surface area contributed by atoms with Gasteiger partial charge in [0.05, 0.1) is 16.8 Å². The first-order valence-electron chi connectivity index (χ1n) is 5.11. The Labute approximate surface area is 114 Å². The van der Waals surface area contributed by atoms with Crippen molar-refractivity contribution in [3.05, 3.63) is 27.7 Å². The van der Waals surface area contributed by atoms with Gasteiger partial charge in [-0.05, 0) is 24.1 Å². The predicted molar refractivity (Wildman–Crippen MR) is 71.7 cm³/mol. The van der Waals surface area contributed by atoms with E-state index in [2.05, 4.69) is 21.2 Å². The third kappa shape index (κ3) is 3.72. The van der Waals surface area contributed by atoms with Crippen molar-refractivity contribution >= 4 is 39.1 Å². The number of nitriles is 1. The van der Waals surface area contributed by atoms with Gasteiger partial charge in [-0.15, -0.1) is 0 Å². The Balaban J connectivity index is 2.88. The molecule has 17 heavy (non-hydrogen) atoms. The zero-order chi connectivity index (χ0) is 13.0. The van der Waals surface area contributed by atoms with E-state index in [1.165, 1.54) is 0 Å². The Morgan fingerprint density at radius 1 is 1.53 bits per heavy atom. The molecule has 1 amide bonds. The van der Waals surface area contributed by atoms with Crippen LogP contribution in [0.5, 0.6) is 0 Å². The lowest BCUT2D eigenvalue weighted by atomic mass is 9.96. The number of benzene rings is 1. The van der Waals surface area contributed by atoms with E-state index >= 15 is 0 Å². The standard InChI is InChI=1S/C12H12BrClN2O/c1-7(2)9(6-15)12(17)16-11-5-8(13)3-4-10(11)14/h3-5,7,9H,1-2H3,(H,16,17). The fraction of sp³-hybridized carbons (Fsp3) is 0.333. The number of nitrogens with zero attached hydrogens (tertiary/aromatic N) is 1. The van der Waals surface area contributed by atoms with Crippen LogP contribution in [0.25, 0.3) is 0 Å². The molecule has 0 saturated carbocycles. The molecule has 0 aliphatic carbocycles. The van der Waals surface area contributed by atoms with Crippen molar-refractivity contribution < 1.29 is 4.79 Å². The zero-order valence-electron chi connectivity index (χ0n) is 9.50. The molecule has 0 bridgehead atoms. The van der Waals surface area contributed by atoms with Crippen LogP contribution in [-0.2, 0) is 4.79 Å². The molecule has 0 heterocycles. The summed E-state index contributed by atoms with van der Waals surface area (Å²) < 4.78 is 0.815. The summed E-state index contributed by atoms with van der Waals surface area (Å²) in [5, 5.41) is 12.0. The molecule has 0 aliphatic heterocycles. The van der Waals surface area contributed by atoms with Crippen LogP contribution in [0.1, 0.15) is 13.8 Å². The summed E-state index contributed by atoms with van der Waals surface area (Å²) in [5.74, 6) is -1.04. The number of carbonyl (C=O) groups excluding carboxylic acids is 1. The third-order valence-electron chi connectivity index (χ3n) is 2.27. The number of nitrogens with one attached hydrogen (secondary N) is 1. The fourth-order valence-electron chi connectivity index (χ4n) is 1.31. The fourth-order valence-corrected chi connectivity index (χ4v) is 1.84. The summed E-state index contributed by atoms with van der Waals surface area (Å²) in [4.78, 5) is 11.8. The molecule has 0 spiro atoms. The molecule has 1 N–H and O–H groups in total. The molecule has 1 aromatic rings. The summed E-state index contributed by atoms with van der Waals surface area (Å²) in [6, 6.07) is 7.15. The molecule has 1 unspecified atom stereocenters. The van der Waals surface area contributed by atoms with Gasteiger partial charge >= 0.3 is 0 Å². The molecule has 0 saturated heterocycles. The largest absolute Gasteiger partial charge is 0.324 e. The normalized spacial score (nSPS) is 12.0. The Hall–Kier alpha value is -1.05. The first kappa shape index (κ1) is 14.0. The maximum absolute atomic E-state index is 11.8. The number of hydrogen-bond donors (Lipinski definition) is 1. The van der Waals surface area contributed by atoms with Crippen molar-refractivity contribution in [1.29, 1.82) is 5.26 Å². The van der Waals surface area contributed by atoms with E-state index in [9.17, 15) is 4.79 Å². The Kier molecular flexibility index (Phi) is 4.98. The van der Waals surface area contributed by atoms with Gasteiger partial charge in [0.2, 0.25) is 5.91 Å². The second-order valence-electron chi connectivity index (χ2n) is 3.96. The monoisotopic (exact) mass is 314 g/mol. The van der Waals surface area contributed by atoms with E-state index in [-0.39, 0.29) is 11.8 Å². The Bertz CT molecular complexity index is 468. The van der Waals surface area contributed by atoms with Gasteiger partial charge in [-0.1, -0.05) is 41.4 Å². The summed E-state index contributed by atoms with van der Waals surface area (Å²) >= 11 is 9.24. The molecule has 90 valence electrons. The quantitative estimate of drug-likeness (QED) is 0.921. The zero-order valence-corrected chi connectivity index (χ0v) is 11.8. The highest BCUT2D eigenvalue weighted by Crippen LogP contribution is 2.26. The van der Waals surface area contributed by atoms with Crippen LogP contribution in [-0.4, -0.2) is 5.91 Å². The van der Waals surface area contributed by atoms with Crippen LogP contribution in [0.2, 0.25) is 5.02 Å². The number of carbonyl (C=O) groups is 1. The van der Waals surface area contributed by atoms with Crippen LogP contribution in [0.15, 0.2) is 22.7 Å². The summed E-state index contributed by atoms with van der Waals surface area (Å²) in [7, 11) is 0. The first-order chi connectivity index (χ1) is 7.95. The third-order valence-corrected chi connectivity index (χ3v) is 3.10. The minimum Gasteiger partial charge on any atom is -0.324 e. The molecule has 1 aromatic carbocycles. The van der Waals surface area contributed by atoms with Gasteiger partial charge in [0.25, 0.3) is 0 Å². The van der Waals surface area contributed by atoms with E-state index in [4.69, 9.17) is 16.9 Å². The maximum Gasteiger partial charge on any atom is 0.242 e. The van der Waals surface area contributed by atoms with Gasteiger partial charge < -0.3 is 5.32 Å². The number of rotatable bonds is 3. The highest BCUT2D eigenvalue weighted by Gasteiger charge is 2.22. The van der Waals surface area contributed by atoms with Crippen molar-refractivity contribution in [3.8, 4) is 6.07 Å². The van der Waals surface area contributed by atoms with E-state index in [1.807, 2.05) is 19.9 Å². The summed E-state index contributed by atoms with van der Waals surface area (Å²) in [6.45, 7) is 3.66. The second-order valence-corrected chi connectivity index (χ2v) is 5.29. The predicted octanol–water partition coefficient (Wildman–Crippen LogP) is 3.84. The van der Waals surface area contributed by atoms with E-state index in [0.29, 0.717) is 10.7 Å². The molecular weight excluding hydrogens is 304 g/mol. The second kappa shape index (κ2) is 6.04. The van der Waals surface area contributed by atoms with Gasteiger partial charge in [0, 0.05) is 4.47 Å². The average Bonchev–Trinajstić information content (AvgIpc) is 2.24. The van der Waals surface area contributed by atoms with Crippen molar-refractivity contribution in [3.63, 3.8) is 0 Å². The van der Waals surface area contributed by atoms with Gasteiger partial charge in [-0.3, -0.25) is 4.79 Å². The minimum absolute atomic E-state index is 0.0362. The molecular formula is C12H12BrClN2O. The lowest BCUT2D eigenvalue weighted by Crippen LogP contribution is -2.25. The lowest BCUT2D eigenvalue weighted by molar-refractivity contribution is -0.119. The van der Waals surface area contributed by atoms with Crippen LogP contribution < -0.4 is 5.32 Å². The molecule has 0 radical (unpaired) electrons. The van der Waals surface area contributed by atoms with Gasteiger partial charge in [0.15, 0.2) is 0 Å². The first-order valence-corrected chi connectivity index (χ1v) is 6.28. The smallest absolute Gasteiger partial charge is 0.242 e. The van der Waals surface area contributed by atoms with Crippen LogP contribution in [0.4, 0.5) is 5.69 Å². The van der Waals surface area contributed by atoms with Crippen LogP contribution >= 0.6 is 27.5 Å². The van der Waals surface area contributed by atoms with Crippen molar-refractivity contribution in [2.75, 3.05) is 5.32 Å². The topological polar surface area (TPSA) is 52.9 Å². The molecule has 1 atom stereocenters. The molecule has 0 aliphatic rings. The molecule has 0 aromatic heterocycles. The molecule has 3 nitrogen and oxygen atoms in total. The number of halogens is 2. The number of amides is 1. The highest BCUT2D eigenvalue weighted by atomic mass is 79.9. The van der Waals surface area contributed by atoms with E-state index < -0.39 is 5.92 Å². The van der Waals surface area contributed by atoms with Crippen LogP contribution in [0, 0.1) is 23.2 Å². The summed E-state index contributed by atoms with van der Waals surface area (Å²) in [6.07, 6.45) is 0. The Morgan fingerprint density at radius 2 is 2.18 bits per heavy atom. The van der Waals surface area contributed by atoms with Crippen molar-refractivity contribution in [2.45, 2.75) is 13.8 Å². The average molecular weight is 316 g/mol. The maximum atomic E-state index is 11.8. The van der Waals surface area contributed by atoms with Gasteiger partial charge in [-0.25, -0.2) is 0 Å². The number of anilines is 1. The SMILES string of the molecule is CC(C)C(C#N)C(=O)Nc1cc(Br)ccc1Cl. The number of hydrogen-bond acceptors (Lipinski definition) is 2. The van der Waals surface area contributed by atoms with E-state index in [1.54, 1.807) is 18.2 Å². The molecule has 5 heteroatoms. The summed E-state index contributed by atoms with van der Waals surface area (Å²) in [5.41, 5.74) is 0.506. The molecule has 1 rings (SSSR count). The van der Waals surface area contributed by atoms with E-state index in [0.717, 1.165) is 4.47 Å². The van der Waals surface area contributed by atoms with Crippen molar-refractivity contribution in [1.82, 2.24) is 0 Å². The minimum atomic E-state index is -0.676.